The number of aryl methyl sites for hydroxylation is 2. The Morgan fingerprint density at radius 3 is 1.55 bits per heavy atom. The zero-order chi connectivity index (χ0) is 16.3. The number of thiophene rings is 2. The molecule has 22 heavy (non-hydrogen) atoms. The van der Waals surface area contributed by atoms with Crippen LogP contribution < -0.4 is 0 Å². The number of carbonyl (C=O) groups is 2. The Bertz CT molecular complexity index is 646. The summed E-state index contributed by atoms with van der Waals surface area (Å²) >= 11 is 9.36. The lowest BCUT2D eigenvalue weighted by Crippen LogP contribution is -2.09. The van der Waals surface area contributed by atoms with Crippen molar-refractivity contribution in [2.45, 2.75) is 26.7 Å². The summed E-state index contributed by atoms with van der Waals surface area (Å²) in [6.07, 6.45) is 1.61. The van der Waals surface area contributed by atoms with Crippen molar-refractivity contribution in [2.75, 3.05) is 0 Å². The summed E-state index contributed by atoms with van der Waals surface area (Å²) < 4.78 is 1.71. The Morgan fingerprint density at radius 2 is 1.27 bits per heavy atom. The zero-order valence-electron chi connectivity index (χ0n) is 11.8. The van der Waals surface area contributed by atoms with Gasteiger partial charge in [-0.05, 0) is 56.8 Å². The Hall–Kier alpha value is -0.700. The first-order chi connectivity index (χ1) is 10.5. The average Bonchev–Trinajstić information content (AvgIpc) is 3.07. The second kappa shape index (κ2) is 7.72. The molecule has 8 heteroatoms. The van der Waals surface area contributed by atoms with Gasteiger partial charge in [-0.2, -0.15) is 0 Å². The van der Waals surface area contributed by atoms with E-state index in [1.807, 2.05) is 13.8 Å². The van der Waals surface area contributed by atoms with Crippen LogP contribution in [0.15, 0.2) is 21.1 Å². The van der Waals surface area contributed by atoms with E-state index in [2.05, 4.69) is 41.6 Å². The fraction of sp³-hybridized carbons (Fsp3) is 0.286. The first-order valence-electron chi connectivity index (χ1n) is 6.45. The van der Waals surface area contributed by atoms with Crippen molar-refractivity contribution in [1.29, 1.82) is 0 Å². The summed E-state index contributed by atoms with van der Waals surface area (Å²) in [4.78, 5) is 35.9. The lowest BCUT2D eigenvalue weighted by atomic mass is 10.4. The lowest BCUT2D eigenvalue weighted by molar-refractivity contribution is -0.187. The predicted molar refractivity (Wildman–Crippen MR) is 93.6 cm³/mol. The third-order valence-electron chi connectivity index (χ3n) is 2.75. The summed E-state index contributed by atoms with van der Waals surface area (Å²) in [6.45, 7) is 3.98. The second-order valence-corrected chi connectivity index (χ2v) is 8.19. The maximum absolute atomic E-state index is 11.9. The van der Waals surface area contributed by atoms with Gasteiger partial charge in [-0.3, -0.25) is 0 Å². The van der Waals surface area contributed by atoms with Crippen LogP contribution in [0.1, 0.15) is 42.9 Å². The molecule has 0 spiro atoms. The van der Waals surface area contributed by atoms with Crippen molar-refractivity contribution in [3.05, 3.63) is 40.6 Å². The lowest BCUT2D eigenvalue weighted by Gasteiger charge is -1.99. The Morgan fingerprint density at radius 1 is 0.909 bits per heavy atom. The van der Waals surface area contributed by atoms with Gasteiger partial charge in [0.1, 0.15) is 9.75 Å². The molecule has 0 saturated heterocycles. The molecular formula is C14H12Br2O4S2. The molecule has 0 unspecified atom stereocenters. The fourth-order valence-electron chi connectivity index (χ4n) is 1.65. The summed E-state index contributed by atoms with van der Waals surface area (Å²) in [6, 6.07) is 3.33. The number of carbonyl (C=O) groups excluding carboxylic acids is 2. The van der Waals surface area contributed by atoms with Crippen LogP contribution in [-0.4, -0.2) is 11.9 Å². The van der Waals surface area contributed by atoms with Gasteiger partial charge in [0.15, 0.2) is 0 Å². The monoisotopic (exact) mass is 466 g/mol. The van der Waals surface area contributed by atoms with E-state index in [1.165, 1.54) is 22.7 Å². The van der Waals surface area contributed by atoms with Gasteiger partial charge in [-0.25, -0.2) is 19.4 Å². The molecule has 0 aromatic carbocycles. The summed E-state index contributed by atoms with van der Waals surface area (Å²) in [5.41, 5.74) is 0. The normalized spacial score (nSPS) is 10.5. The smallest absolute Gasteiger partial charge is 0.241 e. The highest BCUT2D eigenvalue weighted by atomic mass is 79.9. The maximum Gasteiger partial charge on any atom is 0.396 e. The van der Waals surface area contributed by atoms with Crippen LogP contribution in [0.25, 0.3) is 0 Å². The standard InChI is InChI=1S/C14H12Br2O4S2/c1-3-9-7(15)5-11(21-9)13(17)19-20-14(18)12-6-8(16)10(4-2)22-12/h5-6H,3-4H2,1-2H3. The summed E-state index contributed by atoms with van der Waals surface area (Å²) in [5.74, 6) is -1.35. The minimum absolute atomic E-state index is 0.387. The van der Waals surface area contributed by atoms with Gasteiger partial charge in [0.25, 0.3) is 0 Å². The topological polar surface area (TPSA) is 52.6 Å². The van der Waals surface area contributed by atoms with Crippen LogP contribution in [0.4, 0.5) is 0 Å². The third kappa shape index (κ3) is 3.98. The minimum Gasteiger partial charge on any atom is -0.241 e. The second-order valence-electron chi connectivity index (χ2n) is 4.21. The van der Waals surface area contributed by atoms with Crippen molar-refractivity contribution in [2.24, 2.45) is 0 Å². The summed E-state index contributed by atoms with van der Waals surface area (Å²) in [5, 5.41) is 0. The molecule has 4 nitrogen and oxygen atoms in total. The van der Waals surface area contributed by atoms with E-state index in [4.69, 9.17) is 0 Å². The molecule has 0 aliphatic heterocycles. The number of hydrogen-bond acceptors (Lipinski definition) is 6. The highest BCUT2D eigenvalue weighted by molar-refractivity contribution is 9.10. The molecule has 0 aliphatic rings. The van der Waals surface area contributed by atoms with Gasteiger partial charge in [0.05, 0.1) is 0 Å². The molecule has 0 radical (unpaired) electrons. The van der Waals surface area contributed by atoms with Crippen molar-refractivity contribution in [3.8, 4) is 0 Å². The first-order valence-corrected chi connectivity index (χ1v) is 9.67. The van der Waals surface area contributed by atoms with Crippen molar-refractivity contribution in [3.63, 3.8) is 0 Å². The highest BCUT2D eigenvalue weighted by Gasteiger charge is 2.19. The molecule has 0 N–H and O–H groups in total. The zero-order valence-corrected chi connectivity index (χ0v) is 16.6. The van der Waals surface area contributed by atoms with E-state index in [9.17, 15) is 9.59 Å². The van der Waals surface area contributed by atoms with Gasteiger partial charge < -0.3 is 0 Å². The molecule has 0 aliphatic carbocycles. The van der Waals surface area contributed by atoms with Crippen LogP contribution in [0.2, 0.25) is 0 Å². The van der Waals surface area contributed by atoms with Gasteiger partial charge in [0.2, 0.25) is 0 Å². The molecule has 2 aromatic heterocycles. The average molecular weight is 468 g/mol. The van der Waals surface area contributed by atoms with Crippen LogP contribution in [-0.2, 0) is 22.6 Å². The Balaban J connectivity index is 1.99. The van der Waals surface area contributed by atoms with E-state index in [-0.39, 0.29) is 0 Å². The van der Waals surface area contributed by atoms with Crippen LogP contribution in [0.3, 0.4) is 0 Å². The fourth-order valence-corrected chi connectivity index (χ4v) is 5.18. The predicted octanol–water partition coefficient (Wildman–Crippen LogP) is 5.39. The van der Waals surface area contributed by atoms with Crippen LogP contribution in [0.5, 0.6) is 0 Å². The van der Waals surface area contributed by atoms with Crippen molar-refractivity contribution in [1.82, 2.24) is 0 Å². The molecular weight excluding hydrogens is 456 g/mol. The van der Waals surface area contributed by atoms with Crippen LogP contribution in [0, 0.1) is 0 Å². The van der Waals surface area contributed by atoms with Crippen LogP contribution >= 0.6 is 54.5 Å². The van der Waals surface area contributed by atoms with E-state index in [0.717, 1.165) is 31.5 Å². The summed E-state index contributed by atoms with van der Waals surface area (Å²) in [7, 11) is 0. The highest BCUT2D eigenvalue weighted by Crippen LogP contribution is 2.30. The van der Waals surface area contributed by atoms with Crippen molar-refractivity contribution >= 4 is 66.5 Å². The molecule has 0 amide bonds. The molecule has 2 aromatic rings. The Labute approximate surface area is 152 Å². The third-order valence-corrected chi connectivity index (χ3v) is 7.21. The molecule has 0 atom stereocenters. The minimum atomic E-state index is -0.676. The maximum atomic E-state index is 11.9. The largest absolute Gasteiger partial charge is 0.396 e. The molecule has 2 rings (SSSR count). The molecule has 118 valence electrons. The number of rotatable bonds is 4. The number of halogens is 2. The van der Waals surface area contributed by atoms with E-state index in [1.54, 1.807) is 12.1 Å². The number of hydrogen-bond donors (Lipinski definition) is 0. The molecule has 2 heterocycles. The van der Waals surface area contributed by atoms with Crippen molar-refractivity contribution < 1.29 is 19.4 Å². The van der Waals surface area contributed by atoms with E-state index in [0.29, 0.717) is 9.75 Å². The molecule has 0 saturated carbocycles. The SMILES string of the molecule is CCc1sc(C(=O)OOC(=O)c2cc(Br)c(CC)s2)cc1Br. The molecule has 0 bridgehead atoms. The molecule has 0 fully saturated rings. The quantitative estimate of drug-likeness (QED) is 0.446. The van der Waals surface area contributed by atoms with Gasteiger partial charge >= 0.3 is 11.9 Å². The van der Waals surface area contributed by atoms with Gasteiger partial charge in [-0.15, -0.1) is 22.7 Å². The van der Waals surface area contributed by atoms with Gasteiger partial charge in [0, 0.05) is 18.7 Å². The van der Waals surface area contributed by atoms with E-state index >= 15 is 0 Å². The van der Waals surface area contributed by atoms with Gasteiger partial charge in [-0.1, -0.05) is 13.8 Å². The van der Waals surface area contributed by atoms with E-state index < -0.39 is 11.9 Å². The first kappa shape index (κ1) is 17.7. The Kier molecular flexibility index (Phi) is 6.19.